The Labute approximate surface area is 121 Å². The highest BCUT2D eigenvalue weighted by molar-refractivity contribution is 5.40. The van der Waals surface area contributed by atoms with Gasteiger partial charge in [-0.05, 0) is 37.3 Å². The summed E-state index contributed by atoms with van der Waals surface area (Å²) in [5.41, 5.74) is 2.65. The molecule has 110 valence electrons. The van der Waals surface area contributed by atoms with Crippen LogP contribution in [0.4, 0.5) is 0 Å². The van der Waals surface area contributed by atoms with Gasteiger partial charge >= 0.3 is 0 Å². The largest absolute Gasteiger partial charge is 0.488 e. The number of likely N-dealkylation sites (tertiary alicyclic amines) is 1. The van der Waals surface area contributed by atoms with E-state index in [1.165, 1.54) is 11.1 Å². The second-order valence-electron chi connectivity index (χ2n) is 6.34. The first kappa shape index (κ1) is 13.9. The van der Waals surface area contributed by atoms with Gasteiger partial charge in [0.15, 0.2) is 0 Å². The van der Waals surface area contributed by atoms with Crippen LogP contribution in [0.3, 0.4) is 0 Å². The minimum absolute atomic E-state index is 0.111. The van der Waals surface area contributed by atoms with E-state index in [-0.39, 0.29) is 12.2 Å². The predicted molar refractivity (Wildman–Crippen MR) is 80.1 cm³/mol. The Hall–Kier alpha value is -1.06. The third kappa shape index (κ3) is 2.84. The number of benzene rings is 1. The number of nitrogens with zero attached hydrogens (tertiary/aromatic N) is 1. The highest BCUT2D eigenvalue weighted by atomic mass is 16.5. The van der Waals surface area contributed by atoms with E-state index < -0.39 is 0 Å². The van der Waals surface area contributed by atoms with Gasteiger partial charge in [-0.2, -0.15) is 0 Å². The zero-order valence-corrected chi connectivity index (χ0v) is 12.5. The highest BCUT2D eigenvalue weighted by Gasteiger charge is 2.30. The lowest BCUT2D eigenvalue weighted by atomic mass is 9.92. The van der Waals surface area contributed by atoms with E-state index in [1.54, 1.807) is 0 Å². The van der Waals surface area contributed by atoms with Gasteiger partial charge in [0.2, 0.25) is 0 Å². The van der Waals surface area contributed by atoms with Crippen LogP contribution < -0.4 is 4.74 Å². The van der Waals surface area contributed by atoms with E-state index in [4.69, 9.17) is 4.74 Å². The molecule has 3 heteroatoms. The van der Waals surface area contributed by atoms with Gasteiger partial charge in [-0.1, -0.05) is 24.6 Å². The van der Waals surface area contributed by atoms with Gasteiger partial charge in [0, 0.05) is 26.1 Å². The molecule has 2 aliphatic rings. The molecule has 2 aliphatic heterocycles. The smallest absolute Gasteiger partial charge is 0.123 e. The number of hydrogen-bond donors (Lipinski definition) is 1. The first-order valence-corrected chi connectivity index (χ1v) is 7.82. The van der Waals surface area contributed by atoms with Crippen LogP contribution in [0.15, 0.2) is 18.2 Å². The molecule has 1 saturated heterocycles. The number of rotatable bonds is 3. The Balaban J connectivity index is 1.58. The van der Waals surface area contributed by atoms with E-state index in [0.29, 0.717) is 5.92 Å². The third-order valence-electron chi connectivity index (χ3n) is 4.72. The van der Waals surface area contributed by atoms with Crippen molar-refractivity contribution in [2.75, 3.05) is 19.6 Å². The van der Waals surface area contributed by atoms with Crippen LogP contribution >= 0.6 is 0 Å². The molecule has 1 aromatic rings. The number of piperidine rings is 1. The van der Waals surface area contributed by atoms with Crippen LogP contribution in [-0.2, 0) is 6.42 Å². The molecule has 1 fully saturated rings. The number of aliphatic hydroxyl groups excluding tert-OH is 1. The minimum atomic E-state index is -0.111. The topological polar surface area (TPSA) is 32.7 Å². The molecule has 0 radical (unpaired) electrons. The Morgan fingerprint density at radius 1 is 1.40 bits per heavy atom. The molecule has 2 heterocycles. The van der Waals surface area contributed by atoms with Crippen molar-refractivity contribution in [3.63, 3.8) is 0 Å². The van der Waals surface area contributed by atoms with Crippen LogP contribution in [0.1, 0.15) is 30.9 Å². The minimum Gasteiger partial charge on any atom is -0.488 e. The molecule has 0 amide bonds. The standard InChI is InChI=1S/C17H25NO2/c1-3-13-10-18(7-6-16(13)19)11-15-9-14-8-12(2)4-5-17(14)20-15/h4-5,8,13,15-16,19H,3,6-7,9-11H2,1-2H3. The normalized spacial score (nSPS) is 30.1. The summed E-state index contributed by atoms with van der Waals surface area (Å²) >= 11 is 0. The van der Waals surface area contributed by atoms with E-state index in [2.05, 4.69) is 36.9 Å². The Morgan fingerprint density at radius 2 is 2.25 bits per heavy atom. The first-order chi connectivity index (χ1) is 9.65. The first-order valence-electron chi connectivity index (χ1n) is 7.82. The number of hydrogen-bond acceptors (Lipinski definition) is 3. The zero-order chi connectivity index (χ0) is 14.1. The van der Waals surface area contributed by atoms with Gasteiger partial charge in [-0.15, -0.1) is 0 Å². The van der Waals surface area contributed by atoms with Gasteiger partial charge < -0.3 is 9.84 Å². The molecule has 0 spiro atoms. The molecule has 1 N–H and O–H groups in total. The number of fused-ring (bicyclic) bond motifs is 1. The molecule has 0 aromatic heterocycles. The molecular weight excluding hydrogens is 250 g/mol. The fourth-order valence-corrected chi connectivity index (χ4v) is 3.50. The quantitative estimate of drug-likeness (QED) is 0.919. The molecule has 0 saturated carbocycles. The van der Waals surface area contributed by atoms with Gasteiger partial charge in [-0.25, -0.2) is 0 Å². The summed E-state index contributed by atoms with van der Waals surface area (Å²) in [5.74, 6) is 1.49. The lowest BCUT2D eigenvalue weighted by Crippen LogP contribution is -2.46. The van der Waals surface area contributed by atoms with Crippen molar-refractivity contribution in [2.45, 2.75) is 45.3 Å². The lowest BCUT2D eigenvalue weighted by Gasteiger charge is -2.36. The molecule has 20 heavy (non-hydrogen) atoms. The Kier molecular flexibility index (Phi) is 3.99. The van der Waals surface area contributed by atoms with Crippen molar-refractivity contribution >= 4 is 0 Å². The average Bonchev–Trinajstić information content (AvgIpc) is 2.82. The Bertz CT molecular complexity index is 474. The van der Waals surface area contributed by atoms with Crippen molar-refractivity contribution < 1.29 is 9.84 Å². The van der Waals surface area contributed by atoms with Crippen LogP contribution in [0.25, 0.3) is 0 Å². The molecule has 1 aromatic carbocycles. The summed E-state index contributed by atoms with van der Waals surface area (Å²) in [4.78, 5) is 2.46. The fourth-order valence-electron chi connectivity index (χ4n) is 3.50. The second-order valence-corrected chi connectivity index (χ2v) is 6.34. The monoisotopic (exact) mass is 275 g/mol. The van der Waals surface area contributed by atoms with Gasteiger partial charge in [0.1, 0.15) is 11.9 Å². The van der Waals surface area contributed by atoms with Crippen molar-refractivity contribution in [1.82, 2.24) is 4.90 Å². The summed E-state index contributed by atoms with van der Waals surface area (Å²) in [6.45, 7) is 7.28. The maximum atomic E-state index is 9.96. The molecular formula is C17H25NO2. The summed E-state index contributed by atoms with van der Waals surface area (Å²) in [6, 6.07) is 6.45. The molecule has 0 aliphatic carbocycles. The number of aliphatic hydroxyl groups is 1. The van der Waals surface area contributed by atoms with Crippen molar-refractivity contribution in [1.29, 1.82) is 0 Å². The number of ether oxygens (including phenoxy) is 1. The molecule has 3 unspecified atom stereocenters. The summed E-state index contributed by atoms with van der Waals surface area (Å²) in [7, 11) is 0. The summed E-state index contributed by atoms with van der Waals surface area (Å²) < 4.78 is 6.06. The van der Waals surface area contributed by atoms with E-state index in [1.807, 2.05) is 0 Å². The third-order valence-corrected chi connectivity index (χ3v) is 4.72. The summed E-state index contributed by atoms with van der Waals surface area (Å²) in [6.07, 6.45) is 3.15. The van der Waals surface area contributed by atoms with Crippen LogP contribution in [0.2, 0.25) is 0 Å². The Morgan fingerprint density at radius 3 is 3.05 bits per heavy atom. The number of aryl methyl sites for hydroxylation is 1. The van der Waals surface area contributed by atoms with Gasteiger partial charge in [0.25, 0.3) is 0 Å². The van der Waals surface area contributed by atoms with Crippen LogP contribution in [-0.4, -0.2) is 41.8 Å². The molecule has 3 atom stereocenters. The maximum Gasteiger partial charge on any atom is 0.123 e. The molecule has 3 nitrogen and oxygen atoms in total. The van der Waals surface area contributed by atoms with Crippen molar-refractivity contribution in [3.8, 4) is 5.75 Å². The lowest BCUT2D eigenvalue weighted by molar-refractivity contribution is 0.0131. The molecule has 0 bridgehead atoms. The maximum absolute atomic E-state index is 9.96. The van der Waals surface area contributed by atoms with Gasteiger partial charge in [-0.3, -0.25) is 4.90 Å². The SMILES string of the molecule is CCC1CN(CC2Cc3cc(C)ccc3O2)CCC1O. The average molecular weight is 275 g/mol. The van der Waals surface area contributed by atoms with E-state index in [0.717, 1.165) is 44.6 Å². The van der Waals surface area contributed by atoms with Crippen LogP contribution in [0.5, 0.6) is 5.75 Å². The zero-order valence-electron chi connectivity index (χ0n) is 12.5. The van der Waals surface area contributed by atoms with Gasteiger partial charge in [0.05, 0.1) is 6.10 Å². The molecule has 3 rings (SSSR count). The second kappa shape index (κ2) is 5.74. The fraction of sp³-hybridized carbons (Fsp3) is 0.647. The predicted octanol–water partition coefficient (Wildman–Crippen LogP) is 2.39. The van der Waals surface area contributed by atoms with E-state index >= 15 is 0 Å². The summed E-state index contributed by atoms with van der Waals surface area (Å²) in [5, 5.41) is 9.96. The van der Waals surface area contributed by atoms with E-state index in [9.17, 15) is 5.11 Å². The van der Waals surface area contributed by atoms with Crippen molar-refractivity contribution in [2.24, 2.45) is 5.92 Å². The van der Waals surface area contributed by atoms with Crippen molar-refractivity contribution in [3.05, 3.63) is 29.3 Å². The highest BCUT2D eigenvalue weighted by Crippen LogP contribution is 2.30. The van der Waals surface area contributed by atoms with Crippen LogP contribution in [0, 0.1) is 12.8 Å².